The molecule has 15 heavy (non-hydrogen) atoms. The molecule has 0 aliphatic carbocycles. The molecule has 0 saturated heterocycles. The van der Waals surface area contributed by atoms with Crippen molar-refractivity contribution in [3.05, 3.63) is 17.7 Å². The fourth-order valence-electron chi connectivity index (χ4n) is 1.67. The molecule has 0 spiro atoms. The molecule has 1 atom stereocenters. The average Bonchev–Trinajstić information content (AvgIpc) is 2.62. The maximum atomic E-state index is 9.28. The van der Waals surface area contributed by atoms with Gasteiger partial charge in [0.05, 0.1) is 0 Å². The summed E-state index contributed by atoms with van der Waals surface area (Å²) in [4.78, 5) is 0. The molecule has 1 aromatic carbocycles. The molecule has 0 amide bonds. The highest BCUT2D eigenvalue weighted by atomic mass is 16.7. The van der Waals surface area contributed by atoms with Crippen LogP contribution in [0.3, 0.4) is 0 Å². The van der Waals surface area contributed by atoms with Crippen molar-refractivity contribution >= 4 is 12.6 Å². The summed E-state index contributed by atoms with van der Waals surface area (Å²) < 4.78 is 10.3. The van der Waals surface area contributed by atoms with Crippen LogP contribution in [0.4, 0.5) is 0 Å². The highest BCUT2D eigenvalue weighted by molar-refractivity contribution is 6.60. The largest absolute Gasteiger partial charge is 0.492 e. The van der Waals surface area contributed by atoms with Crippen molar-refractivity contribution in [3.63, 3.8) is 0 Å². The van der Waals surface area contributed by atoms with Crippen molar-refractivity contribution in [2.45, 2.75) is 13.0 Å². The molecule has 80 valence electrons. The van der Waals surface area contributed by atoms with Gasteiger partial charge in [0.15, 0.2) is 11.5 Å². The minimum Gasteiger partial charge on any atom is -0.454 e. The van der Waals surface area contributed by atoms with E-state index in [0.717, 1.165) is 0 Å². The van der Waals surface area contributed by atoms with Crippen molar-refractivity contribution in [3.8, 4) is 11.5 Å². The molecule has 0 fully saturated rings. The number of ether oxygens (including phenoxy) is 2. The molecule has 2 rings (SSSR count). The molecule has 5 nitrogen and oxygen atoms in total. The highest BCUT2D eigenvalue weighted by Gasteiger charge is 2.29. The first kappa shape index (κ1) is 10.3. The summed E-state index contributed by atoms with van der Waals surface area (Å²) in [6.45, 7) is 1.86. The molecule has 0 saturated carbocycles. The fourth-order valence-corrected chi connectivity index (χ4v) is 1.67. The van der Waals surface area contributed by atoms with Crippen molar-refractivity contribution < 1.29 is 19.5 Å². The van der Waals surface area contributed by atoms with Gasteiger partial charge in [0.2, 0.25) is 6.79 Å². The lowest BCUT2D eigenvalue weighted by Gasteiger charge is -2.14. The summed E-state index contributed by atoms with van der Waals surface area (Å²) in [7, 11) is -1.61. The summed E-state index contributed by atoms with van der Waals surface area (Å²) >= 11 is 0. The van der Waals surface area contributed by atoms with E-state index < -0.39 is 7.12 Å². The van der Waals surface area contributed by atoms with E-state index in [-0.39, 0.29) is 12.8 Å². The van der Waals surface area contributed by atoms with Crippen LogP contribution in [0.1, 0.15) is 18.5 Å². The van der Waals surface area contributed by atoms with Crippen molar-refractivity contribution in [1.82, 2.24) is 0 Å². The van der Waals surface area contributed by atoms with Gasteiger partial charge in [-0.2, -0.15) is 0 Å². The van der Waals surface area contributed by atoms with Gasteiger partial charge in [0.1, 0.15) is 0 Å². The first-order chi connectivity index (χ1) is 7.11. The smallest absolute Gasteiger partial charge is 0.454 e. The van der Waals surface area contributed by atoms with Gasteiger partial charge < -0.3 is 25.3 Å². The Bertz CT molecular complexity index is 381. The van der Waals surface area contributed by atoms with Crippen LogP contribution in [0.25, 0.3) is 0 Å². The van der Waals surface area contributed by atoms with Gasteiger partial charge in [0, 0.05) is 11.5 Å². The Hall–Kier alpha value is -1.24. The minimum absolute atomic E-state index is 0.0947. The number of rotatable bonds is 2. The van der Waals surface area contributed by atoms with Crippen molar-refractivity contribution in [2.24, 2.45) is 5.73 Å². The predicted molar refractivity (Wildman–Crippen MR) is 55.0 cm³/mol. The molecule has 4 N–H and O–H groups in total. The van der Waals surface area contributed by atoms with Crippen molar-refractivity contribution in [2.75, 3.05) is 6.79 Å². The van der Waals surface area contributed by atoms with E-state index in [0.29, 0.717) is 22.5 Å². The van der Waals surface area contributed by atoms with Crippen LogP contribution >= 0.6 is 0 Å². The Labute approximate surface area is 87.6 Å². The average molecular weight is 209 g/mol. The second-order valence-electron chi connectivity index (χ2n) is 3.46. The summed E-state index contributed by atoms with van der Waals surface area (Å²) in [6, 6.07) is 3.14. The van der Waals surface area contributed by atoms with Crippen LogP contribution < -0.4 is 20.7 Å². The SMILES string of the molecule is CC(N)c1ccc2c(c1B(O)O)OCO2. The fraction of sp³-hybridized carbons (Fsp3) is 0.333. The molecule has 1 aliphatic heterocycles. The molecule has 0 radical (unpaired) electrons. The monoisotopic (exact) mass is 209 g/mol. The maximum absolute atomic E-state index is 9.28. The summed E-state index contributed by atoms with van der Waals surface area (Å²) in [5, 5.41) is 18.6. The van der Waals surface area contributed by atoms with Gasteiger partial charge in [-0.05, 0) is 18.6 Å². The Morgan fingerprint density at radius 3 is 2.73 bits per heavy atom. The van der Waals surface area contributed by atoms with E-state index in [9.17, 15) is 10.0 Å². The standard InChI is InChI=1S/C9H12BNO4/c1-5(11)6-2-3-7-9(15-4-14-7)8(6)10(12)13/h2-3,5,12-13H,4,11H2,1H3. The lowest BCUT2D eigenvalue weighted by Crippen LogP contribution is -2.35. The van der Waals surface area contributed by atoms with Crippen LogP contribution in [-0.2, 0) is 0 Å². The third kappa shape index (κ3) is 1.67. The lowest BCUT2D eigenvalue weighted by molar-refractivity contribution is 0.174. The zero-order valence-electron chi connectivity index (χ0n) is 8.30. The number of benzene rings is 1. The first-order valence-corrected chi connectivity index (χ1v) is 4.65. The number of nitrogens with two attached hydrogens (primary N) is 1. The molecule has 0 bridgehead atoms. The zero-order chi connectivity index (χ0) is 11.0. The van der Waals surface area contributed by atoms with E-state index >= 15 is 0 Å². The van der Waals surface area contributed by atoms with E-state index in [1.807, 2.05) is 0 Å². The number of fused-ring (bicyclic) bond motifs is 1. The second kappa shape index (κ2) is 3.73. The molecule has 1 aromatic rings. The van der Waals surface area contributed by atoms with Crippen molar-refractivity contribution in [1.29, 1.82) is 0 Å². The third-order valence-corrected chi connectivity index (χ3v) is 2.36. The molecular weight excluding hydrogens is 197 g/mol. The number of hydrogen-bond donors (Lipinski definition) is 3. The number of hydrogen-bond acceptors (Lipinski definition) is 5. The van der Waals surface area contributed by atoms with Crippen LogP contribution in [0.5, 0.6) is 11.5 Å². The van der Waals surface area contributed by atoms with Crippen LogP contribution in [0.15, 0.2) is 12.1 Å². The minimum atomic E-state index is -1.61. The van der Waals surface area contributed by atoms with Gasteiger partial charge in [-0.3, -0.25) is 0 Å². The summed E-state index contributed by atoms with van der Waals surface area (Å²) in [5.41, 5.74) is 6.67. The van der Waals surface area contributed by atoms with E-state index in [4.69, 9.17) is 15.2 Å². The Kier molecular flexibility index (Phi) is 2.56. The van der Waals surface area contributed by atoms with Crippen LogP contribution in [0.2, 0.25) is 0 Å². The predicted octanol–water partition coefficient (Wildman–Crippen LogP) is -0.885. The van der Waals surface area contributed by atoms with Gasteiger partial charge in [-0.1, -0.05) is 6.07 Å². The summed E-state index contributed by atoms with van der Waals surface area (Å²) in [5.74, 6) is 0.891. The molecule has 6 heteroatoms. The quantitative estimate of drug-likeness (QED) is 0.550. The zero-order valence-corrected chi connectivity index (χ0v) is 8.30. The molecule has 1 aliphatic rings. The third-order valence-electron chi connectivity index (χ3n) is 2.36. The molecule has 0 aromatic heterocycles. The Morgan fingerprint density at radius 1 is 1.40 bits per heavy atom. The van der Waals surface area contributed by atoms with E-state index in [1.54, 1.807) is 19.1 Å². The molecule has 1 unspecified atom stereocenters. The van der Waals surface area contributed by atoms with Gasteiger partial charge in [0.25, 0.3) is 0 Å². The first-order valence-electron chi connectivity index (χ1n) is 4.65. The Morgan fingerprint density at radius 2 is 2.13 bits per heavy atom. The van der Waals surface area contributed by atoms with E-state index in [2.05, 4.69) is 0 Å². The Balaban J connectivity index is 2.58. The van der Waals surface area contributed by atoms with Gasteiger partial charge in [-0.25, -0.2) is 0 Å². The molecule has 1 heterocycles. The van der Waals surface area contributed by atoms with E-state index in [1.165, 1.54) is 0 Å². The second-order valence-corrected chi connectivity index (χ2v) is 3.46. The molecular formula is C9H12BNO4. The highest BCUT2D eigenvalue weighted by Crippen LogP contribution is 2.32. The maximum Gasteiger partial charge on any atom is 0.492 e. The van der Waals surface area contributed by atoms with Gasteiger partial charge in [-0.15, -0.1) is 0 Å². The van der Waals surface area contributed by atoms with Crippen LogP contribution in [0, 0.1) is 0 Å². The van der Waals surface area contributed by atoms with Gasteiger partial charge >= 0.3 is 7.12 Å². The van der Waals surface area contributed by atoms with Crippen LogP contribution in [-0.4, -0.2) is 24.0 Å². The normalized spacial score (nSPS) is 15.2. The topological polar surface area (TPSA) is 84.9 Å². The lowest BCUT2D eigenvalue weighted by atomic mass is 9.74. The summed E-state index contributed by atoms with van der Waals surface area (Å²) in [6.07, 6.45) is 0.